The SMILES string of the molecule is OS1(O)NCCCN1. The molecule has 0 amide bonds. The van der Waals surface area contributed by atoms with E-state index in [0.29, 0.717) is 13.1 Å². The molecule has 0 aromatic carbocycles. The molecule has 0 spiro atoms. The van der Waals surface area contributed by atoms with E-state index in [1.54, 1.807) is 0 Å². The zero-order valence-electron chi connectivity index (χ0n) is 4.42. The number of nitrogens with one attached hydrogen (secondary N) is 2. The molecule has 5 heteroatoms. The highest BCUT2D eigenvalue weighted by Gasteiger charge is 2.12. The molecule has 1 aliphatic heterocycles. The van der Waals surface area contributed by atoms with E-state index in [9.17, 15) is 0 Å². The second kappa shape index (κ2) is 2.20. The molecule has 0 saturated carbocycles. The van der Waals surface area contributed by atoms with Gasteiger partial charge in [0.25, 0.3) is 0 Å². The molecule has 0 aliphatic carbocycles. The van der Waals surface area contributed by atoms with Crippen LogP contribution in [0.5, 0.6) is 0 Å². The van der Waals surface area contributed by atoms with Gasteiger partial charge in [-0.1, -0.05) is 11.0 Å². The lowest BCUT2D eigenvalue weighted by atomic mass is 10.4. The monoisotopic (exact) mass is 138 g/mol. The minimum Gasteiger partial charge on any atom is -0.273 e. The van der Waals surface area contributed by atoms with E-state index in [-0.39, 0.29) is 0 Å². The third-order valence-electron chi connectivity index (χ3n) is 0.960. The summed E-state index contributed by atoms with van der Waals surface area (Å²) < 4.78 is 22.7. The zero-order chi connectivity index (χ0) is 6.04. The summed E-state index contributed by atoms with van der Waals surface area (Å²) in [4.78, 5) is 0. The van der Waals surface area contributed by atoms with Gasteiger partial charge in [-0.2, -0.15) is 0 Å². The molecular formula is C3H10N2O2S. The second-order valence-electron chi connectivity index (χ2n) is 1.69. The lowest BCUT2D eigenvalue weighted by Crippen LogP contribution is -2.39. The molecule has 1 rings (SSSR count). The van der Waals surface area contributed by atoms with Crippen LogP contribution in [0, 0.1) is 0 Å². The summed E-state index contributed by atoms with van der Waals surface area (Å²) in [5.41, 5.74) is 0. The van der Waals surface area contributed by atoms with E-state index in [1.807, 2.05) is 0 Å². The molecule has 0 atom stereocenters. The first-order chi connectivity index (χ1) is 3.71. The van der Waals surface area contributed by atoms with Crippen molar-refractivity contribution < 1.29 is 9.11 Å². The van der Waals surface area contributed by atoms with Crippen LogP contribution in [0.3, 0.4) is 0 Å². The minimum absolute atomic E-state index is 0.690. The predicted octanol–water partition coefficient (Wildman–Crippen LogP) is 0.150. The Kier molecular flexibility index (Phi) is 1.74. The van der Waals surface area contributed by atoms with Gasteiger partial charge in [0, 0.05) is 13.1 Å². The fourth-order valence-corrected chi connectivity index (χ4v) is 1.53. The maximum atomic E-state index is 8.79. The van der Waals surface area contributed by atoms with E-state index in [0.717, 1.165) is 6.42 Å². The first-order valence-electron chi connectivity index (χ1n) is 2.48. The molecule has 0 aromatic rings. The van der Waals surface area contributed by atoms with Gasteiger partial charge in [-0.3, -0.25) is 9.11 Å². The molecular weight excluding hydrogens is 128 g/mol. The average molecular weight is 138 g/mol. The summed E-state index contributed by atoms with van der Waals surface area (Å²) in [6, 6.07) is 0. The van der Waals surface area contributed by atoms with Gasteiger partial charge in [0.15, 0.2) is 0 Å². The van der Waals surface area contributed by atoms with Crippen LogP contribution in [-0.2, 0) is 0 Å². The van der Waals surface area contributed by atoms with Crippen molar-refractivity contribution in [2.24, 2.45) is 0 Å². The molecule has 0 aromatic heterocycles. The minimum atomic E-state index is -2.58. The van der Waals surface area contributed by atoms with Crippen molar-refractivity contribution in [3.8, 4) is 0 Å². The van der Waals surface area contributed by atoms with E-state index in [1.165, 1.54) is 0 Å². The lowest BCUT2D eigenvalue weighted by molar-refractivity contribution is 0.437. The summed E-state index contributed by atoms with van der Waals surface area (Å²) in [7, 11) is -2.58. The van der Waals surface area contributed by atoms with Crippen molar-refractivity contribution >= 4 is 11.0 Å². The fourth-order valence-electron chi connectivity index (χ4n) is 0.568. The normalized spacial score (nSPS) is 31.8. The van der Waals surface area contributed by atoms with E-state index in [2.05, 4.69) is 9.44 Å². The van der Waals surface area contributed by atoms with Crippen LogP contribution in [0.4, 0.5) is 0 Å². The van der Waals surface area contributed by atoms with Crippen LogP contribution in [0.25, 0.3) is 0 Å². The van der Waals surface area contributed by atoms with E-state index < -0.39 is 11.0 Å². The van der Waals surface area contributed by atoms with Gasteiger partial charge >= 0.3 is 0 Å². The summed E-state index contributed by atoms with van der Waals surface area (Å²) in [6.07, 6.45) is 0.954. The van der Waals surface area contributed by atoms with Gasteiger partial charge < -0.3 is 0 Å². The van der Waals surface area contributed by atoms with Gasteiger partial charge in [-0.15, -0.1) is 0 Å². The topological polar surface area (TPSA) is 64.5 Å². The largest absolute Gasteiger partial charge is 0.273 e. The standard InChI is InChI=1S/C3H10N2O2S/c6-8(7)4-2-1-3-5-8/h4-7H,1-3H2. The van der Waals surface area contributed by atoms with Crippen LogP contribution in [0.15, 0.2) is 0 Å². The highest BCUT2D eigenvalue weighted by Crippen LogP contribution is 2.28. The Morgan fingerprint density at radius 1 is 1.12 bits per heavy atom. The van der Waals surface area contributed by atoms with Crippen molar-refractivity contribution in [2.75, 3.05) is 13.1 Å². The Balaban J connectivity index is 2.33. The van der Waals surface area contributed by atoms with Crippen molar-refractivity contribution in [3.63, 3.8) is 0 Å². The molecule has 4 N–H and O–H groups in total. The van der Waals surface area contributed by atoms with E-state index >= 15 is 0 Å². The van der Waals surface area contributed by atoms with Crippen molar-refractivity contribution in [1.82, 2.24) is 9.44 Å². The molecule has 1 aliphatic rings. The highest BCUT2D eigenvalue weighted by molar-refractivity contribution is 8.21. The van der Waals surface area contributed by atoms with Crippen LogP contribution in [0.1, 0.15) is 6.42 Å². The molecule has 1 fully saturated rings. The number of rotatable bonds is 0. The lowest BCUT2D eigenvalue weighted by Gasteiger charge is -2.36. The van der Waals surface area contributed by atoms with Crippen molar-refractivity contribution in [2.45, 2.75) is 6.42 Å². The maximum absolute atomic E-state index is 8.79. The van der Waals surface area contributed by atoms with Gasteiger partial charge in [0.2, 0.25) is 0 Å². The molecule has 0 bridgehead atoms. The number of hydrogen-bond donors (Lipinski definition) is 4. The summed E-state index contributed by atoms with van der Waals surface area (Å²) in [5.74, 6) is 0. The van der Waals surface area contributed by atoms with Crippen molar-refractivity contribution in [3.05, 3.63) is 0 Å². The van der Waals surface area contributed by atoms with Gasteiger partial charge in [-0.05, 0) is 6.42 Å². The Morgan fingerprint density at radius 2 is 1.62 bits per heavy atom. The Labute approximate surface area is 49.9 Å². The second-order valence-corrected chi connectivity index (χ2v) is 3.37. The van der Waals surface area contributed by atoms with E-state index in [4.69, 9.17) is 9.11 Å². The third kappa shape index (κ3) is 1.61. The summed E-state index contributed by atoms with van der Waals surface area (Å²) in [6.45, 7) is 1.38. The first kappa shape index (κ1) is 6.31. The quantitative estimate of drug-likeness (QED) is 0.385. The molecule has 0 unspecified atom stereocenters. The molecule has 50 valence electrons. The first-order valence-corrected chi connectivity index (χ1v) is 4.03. The maximum Gasteiger partial charge on any atom is 0.0173 e. The Morgan fingerprint density at radius 3 is 1.88 bits per heavy atom. The predicted molar refractivity (Wildman–Crippen MR) is 33.5 cm³/mol. The molecule has 4 nitrogen and oxygen atoms in total. The molecule has 0 radical (unpaired) electrons. The van der Waals surface area contributed by atoms with Gasteiger partial charge in [0.05, 0.1) is 0 Å². The van der Waals surface area contributed by atoms with Crippen LogP contribution < -0.4 is 9.44 Å². The molecule has 1 heterocycles. The molecule has 8 heavy (non-hydrogen) atoms. The van der Waals surface area contributed by atoms with Gasteiger partial charge in [0.1, 0.15) is 0 Å². The van der Waals surface area contributed by atoms with Crippen LogP contribution in [0.2, 0.25) is 0 Å². The number of hydrogen-bond acceptors (Lipinski definition) is 4. The third-order valence-corrected chi connectivity index (χ3v) is 2.17. The van der Waals surface area contributed by atoms with Crippen LogP contribution >= 0.6 is 11.0 Å². The van der Waals surface area contributed by atoms with Gasteiger partial charge in [-0.25, -0.2) is 9.44 Å². The fraction of sp³-hybridized carbons (Fsp3) is 1.00. The van der Waals surface area contributed by atoms with Crippen LogP contribution in [-0.4, -0.2) is 22.2 Å². The smallest absolute Gasteiger partial charge is 0.0173 e. The summed E-state index contributed by atoms with van der Waals surface area (Å²) >= 11 is 0. The Hall–Kier alpha value is 0.190. The zero-order valence-corrected chi connectivity index (χ0v) is 5.24. The Bertz CT molecular complexity index is 79.4. The highest BCUT2D eigenvalue weighted by atomic mass is 32.3. The molecule has 1 saturated heterocycles. The van der Waals surface area contributed by atoms with Crippen molar-refractivity contribution in [1.29, 1.82) is 0 Å². The summed E-state index contributed by atoms with van der Waals surface area (Å²) in [5, 5.41) is 0. The average Bonchev–Trinajstić information content (AvgIpc) is 1.65.